The lowest BCUT2D eigenvalue weighted by molar-refractivity contribution is 0.249. The first-order valence-electron chi connectivity index (χ1n) is 13.0. The fourth-order valence-electron chi connectivity index (χ4n) is 4.46. The second-order valence-corrected chi connectivity index (χ2v) is 12.2. The van der Waals surface area contributed by atoms with E-state index < -0.39 is 9.84 Å². The summed E-state index contributed by atoms with van der Waals surface area (Å²) in [6.45, 7) is 14.3. The van der Waals surface area contributed by atoms with E-state index in [1.165, 1.54) is 0 Å². The third-order valence-electron chi connectivity index (χ3n) is 6.73. The molecule has 0 N–H and O–H groups in total. The monoisotopic (exact) mass is 519 g/mol. The molecule has 196 valence electrons. The van der Waals surface area contributed by atoms with Gasteiger partial charge in [-0.15, -0.1) is 0 Å². The summed E-state index contributed by atoms with van der Waals surface area (Å²) in [7, 11) is -3.87. The van der Waals surface area contributed by atoms with Crippen LogP contribution in [0.4, 0.5) is 0 Å². The van der Waals surface area contributed by atoms with E-state index in [0.717, 1.165) is 37.2 Å². The van der Waals surface area contributed by atoms with E-state index in [9.17, 15) is 8.42 Å². The summed E-state index contributed by atoms with van der Waals surface area (Å²) in [5, 5.41) is 0.579. The Morgan fingerprint density at radius 1 is 0.892 bits per heavy atom. The van der Waals surface area contributed by atoms with Crippen LogP contribution in [0.1, 0.15) is 46.6 Å². The molecule has 0 unspecified atom stereocenters. The van der Waals surface area contributed by atoms with E-state index in [1.807, 2.05) is 30.3 Å². The van der Waals surface area contributed by atoms with Gasteiger partial charge in [0.25, 0.3) is 0 Å². The van der Waals surface area contributed by atoms with Crippen molar-refractivity contribution in [2.45, 2.75) is 56.2 Å². The number of benzene rings is 3. The topological polar surface area (TPSA) is 59.8 Å². The Bertz CT molecular complexity index is 1440. The lowest BCUT2D eigenvalue weighted by Crippen LogP contribution is -2.25. The molecule has 4 aromatic rings. The maximum Gasteiger partial charge on any atom is 0.211 e. The van der Waals surface area contributed by atoms with Crippen molar-refractivity contribution >= 4 is 20.8 Å². The standard InChI is InChI=1S/C31H37NO4S/c1-6-32(7-2)20-11-21-35-25-16-18-26(19-17-25)37(33,34)30-27-14-8-9-15-28(27)36-29(30)23-12-10-13-24(22-23)31(3,4)5/h8-10,12-19,22H,6-7,11,20-21H2,1-5H3. The Hall–Kier alpha value is -3.09. The van der Waals surface area contributed by atoms with E-state index >= 15 is 0 Å². The second kappa shape index (κ2) is 11.1. The second-order valence-electron chi connectivity index (χ2n) is 10.3. The number of para-hydroxylation sites is 1. The van der Waals surface area contributed by atoms with Crippen molar-refractivity contribution in [2.75, 3.05) is 26.2 Å². The summed E-state index contributed by atoms with van der Waals surface area (Å²) in [6, 6.07) is 21.9. The maximum absolute atomic E-state index is 14.0. The Labute approximate surface area is 221 Å². The average Bonchev–Trinajstić information content (AvgIpc) is 3.29. The molecule has 3 aromatic carbocycles. The van der Waals surface area contributed by atoms with Gasteiger partial charge in [0.05, 0.1) is 11.5 Å². The number of rotatable bonds is 10. The normalized spacial score (nSPS) is 12.4. The van der Waals surface area contributed by atoms with Gasteiger partial charge in [-0.1, -0.05) is 65.0 Å². The van der Waals surface area contributed by atoms with Crippen LogP contribution in [0.5, 0.6) is 5.75 Å². The molecular formula is C31H37NO4S. The van der Waals surface area contributed by atoms with Gasteiger partial charge in [0.15, 0.2) is 5.76 Å². The third kappa shape index (κ3) is 5.91. The lowest BCUT2D eigenvalue weighted by Gasteiger charge is -2.19. The fraction of sp³-hybridized carbons (Fsp3) is 0.355. The van der Waals surface area contributed by atoms with Crippen molar-refractivity contribution < 1.29 is 17.6 Å². The van der Waals surface area contributed by atoms with E-state index in [4.69, 9.17) is 9.15 Å². The molecule has 0 radical (unpaired) electrons. The minimum Gasteiger partial charge on any atom is -0.494 e. The highest BCUT2D eigenvalue weighted by molar-refractivity contribution is 7.91. The number of fused-ring (bicyclic) bond motifs is 1. The third-order valence-corrected chi connectivity index (χ3v) is 8.56. The number of hydrogen-bond acceptors (Lipinski definition) is 5. The van der Waals surface area contributed by atoms with Gasteiger partial charge < -0.3 is 14.1 Å². The number of sulfone groups is 1. The Morgan fingerprint density at radius 3 is 2.27 bits per heavy atom. The molecule has 37 heavy (non-hydrogen) atoms. The molecule has 0 bridgehead atoms. The van der Waals surface area contributed by atoms with Gasteiger partial charge in [-0.05, 0) is 73.0 Å². The average molecular weight is 520 g/mol. The predicted molar refractivity (Wildman–Crippen MR) is 150 cm³/mol. The van der Waals surface area contributed by atoms with Crippen LogP contribution in [0.15, 0.2) is 87.0 Å². The molecule has 0 atom stereocenters. The van der Waals surface area contributed by atoms with Crippen LogP contribution in [0.2, 0.25) is 0 Å². The molecule has 0 saturated heterocycles. The zero-order valence-corrected chi connectivity index (χ0v) is 23.3. The van der Waals surface area contributed by atoms with Gasteiger partial charge in [-0.3, -0.25) is 0 Å². The SMILES string of the molecule is CCN(CC)CCCOc1ccc(S(=O)(=O)c2c(-c3cccc(C(C)(C)C)c3)oc3ccccc23)cc1. The van der Waals surface area contributed by atoms with Crippen LogP contribution in [-0.2, 0) is 15.3 Å². The summed E-state index contributed by atoms with van der Waals surface area (Å²) < 4.78 is 40.0. The van der Waals surface area contributed by atoms with Gasteiger partial charge >= 0.3 is 0 Å². The summed E-state index contributed by atoms with van der Waals surface area (Å²) in [6.07, 6.45) is 0.916. The first kappa shape index (κ1) is 27.0. The predicted octanol–water partition coefficient (Wildman–Crippen LogP) is 7.34. The van der Waals surface area contributed by atoms with Crippen molar-refractivity contribution in [3.8, 4) is 17.1 Å². The van der Waals surface area contributed by atoms with Crippen molar-refractivity contribution in [3.63, 3.8) is 0 Å². The molecular weight excluding hydrogens is 482 g/mol. The van der Waals surface area contributed by atoms with Crippen LogP contribution < -0.4 is 4.74 Å². The summed E-state index contributed by atoms with van der Waals surface area (Å²) in [4.78, 5) is 2.76. The number of furan rings is 1. The van der Waals surface area contributed by atoms with Gasteiger partial charge in [0.1, 0.15) is 16.2 Å². The van der Waals surface area contributed by atoms with Crippen molar-refractivity contribution in [1.29, 1.82) is 0 Å². The van der Waals surface area contributed by atoms with Crippen LogP contribution in [0.25, 0.3) is 22.3 Å². The van der Waals surface area contributed by atoms with Gasteiger partial charge in [-0.2, -0.15) is 0 Å². The molecule has 0 fully saturated rings. The molecule has 0 spiro atoms. The highest BCUT2D eigenvalue weighted by Gasteiger charge is 2.29. The highest BCUT2D eigenvalue weighted by atomic mass is 32.2. The molecule has 1 heterocycles. The van der Waals surface area contributed by atoms with E-state index in [2.05, 4.69) is 45.6 Å². The quantitative estimate of drug-likeness (QED) is 0.205. The number of ether oxygens (including phenoxy) is 1. The largest absolute Gasteiger partial charge is 0.494 e. The van der Waals surface area contributed by atoms with Crippen LogP contribution in [0, 0.1) is 0 Å². The molecule has 5 nitrogen and oxygen atoms in total. The summed E-state index contributed by atoms with van der Waals surface area (Å²) in [5.41, 5.74) is 2.32. The summed E-state index contributed by atoms with van der Waals surface area (Å²) >= 11 is 0. The fourth-order valence-corrected chi connectivity index (χ4v) is 6.05. The molecule has 0 aliphatic heterocycles. The van der Waals surface area contributed by atoms with E-state index in [-0.39, 0.29) is 15.2 Å². The van der Waals surface area contributed by atoms with E-state index in [1.54, 1.807) is 36.4 Å². The zero-order chi connectivity index (χ0) is 26.6. The molecule has 0 aliphatic rings. The van der Waals surface area contributed by atoms with Crippen LogP contribution in [0.3, 0.4) is 0 Å². The van der Waals surface area contributed by atoms with Crippen molar-refractivity contribution in [1.82, 2.24) is 4.90 Å². The molecule has 6 heteroatoms. The maximum atomic E-state index is 14.0. The molecule has 0 amide bonds. The molecule has 4 rings (SSSR count). The lowest BCUT2D eigenvalue weighted by atomic mass is 9.86. The highest BCUT2D eigenvalue weighted by Crippen LogP contribution is 2.40. The Kier molecular flexibility index (Phi) is 8.10. The van der Waals surface area contributed by atoms with Crippen molar-refractivity contribution in [3.05, 3.63) is 78.4 Å². The minimum atomic E-state index is -3.87. The minimum absolute atomic E-state index is 0.0811. The molecule has 0 saturated carbocycles. The van der Waals surface area contributed by atoms with E-state index in [0.29, 0.717) is 29.1 Å². The molecule has 0 aliphatic carbocycles. The first-order chi connectivity index (χ1) is 17.6. The van der Waals surface area contributed by atoms with Crippen molar-refractivity contribution in [2.24, 2.45) is 0 Å². The van der Waals surface area contributed by atoms with Crippen LogP contribution >= 0.6 is 0 Å². The number of nitrogens with zero attached hydrogens (tertiary/aromatic N) is 1. The van der Waals surface area contributed by atoms with Gasteiger partial charge in [0, 0.05) is 17.5 Å². The Morgan fingerprint density at radius 2 is 1.59 bits per heavy atom. The molecule has 1 aromatic heterocycles. The number of hydrogen-bond donors (Lipinski definition) is 0. The smallest absolute Gasteiger partial charge is 0.211 e. The van der Waals surface area contributed by atoms with Gasteiger partial charge in [-0.25, -0.2) is 8.42 Å². The summed E-state index contributed by atoms with van der Waals surface area (Å²) in [5.74, 6) is 1.03. The Balaban J connectivity index is 1.66. The first-order valence-corrected chi connectivity index (χ1v) is 14.5. The van der Waals surface area contributed by atoms with Crippen LogP contribution in [-0.4, -0.2) is 39.6 Å². The van der Waals surface area contributed by atoms with Gasteiger partial charge in [0.2, 0.25) is 9.84 Å². The zero-order valence-electron chi connectivity index (χ0n) is 22.5.